The molecule has 2 rings (SSSR count). The summed E-state index contributed by atoms with van der Waals surface area (Å²) >= 11 is 0. The Hall–Kier alpha value is -2.30. The highest BCUT2D eigenvalue weighted by atomic mass is 16.5. The van der Waals surface area contributed by atoms with E-state index >= 15 is 0 Å². The lowest BCUT2D eigenvalue weighted by atomic mass is 10.1. The standard InChI is InChI=1S/C14H17N3O2/c1-3-15-14(18)10-19-13-6-4-11(5-7-13)12-8-16-17(2)9-12/h4-9H,3,10H2,1-2H3,(H,15,18). The Balaban J connectivity index is 1.97. The van der Waals surface area contributed by atoms with Crippen LogP contribution in [0.5, 0.6) is 5.75 Å². The lowest BCUT2D eigenvalue weighted by molar-refractivity contribution is -0.122. The highest BCUT2D eigenvalue weighted by Crippen LogP contribution is 2.21. The first kappa shape index (κ1) is 13.1. The Bertz CT molecular complexity index is 546. The number of nitrogens with zero attached hydrogens (tertiary/aromatic N) is 2. The molecular formula is C14H17N3O2. The molecule has 1 N–H and O–H groups in total. The van der Waals surface area contributed by atoms with Gasteiger partial charge in [-0.05, 0) is 24.6 Å². The molecule has 1 heterocycles. The summed E-state index contributed by atoms with van der Waals surface area (Å²) in [5.74, 6) is 0.567. The van der Waals surface area contributed by atoms with Crippen molar-refractivity contribution in [2.24, 2.45) is 7.05 Å². The second-order valence-corrected chi connectivity index (χ2v) is 4.17. The van der Waals surface area contributed by atoms with E-state index in [2.05, 4.69) is 10.4 Å². The number of aromatic nitrogens is 2. The quantitative estimate of drug-likeness (QED) is 0.887. The van der Waals surface area contributed by atoms with Gasteiger partial charge in [-0.1, -0.05) is 12.1 Å². The molecule has 100 valence electrons. The summed E-state index contributed by atoms with van der Waals surface area (Å²) in [6, 6.07) is 7.59. The zero-order valence-corrected chi connectivity index (χ0v) is 11.1. The van der Waals surface area contributed by atoms with Crippen molar-refractivity contribution in [1.29, 1.82) is 0 Å². The lowest BCUT2D eigenvalue weighted by Gasteiger charge is -2.06. The third-order valence-corrected chi connectivity index (χ3v) is 2.64. The molecule has 0 aliphatic heterocycles. The molecule has 19 heavy (non-hydrogen) atoms. The summed E-state index contributed by atoms with van der Waals surface area (Å²) in [4.78, 5) is 11.3. The highest BCUT2D eigenvalue weighted by molar-refractivity contribution is 5.77. The van der Waals surface area contributed by atoms with E-state index in [-0.39, 0.29) is 12.5 Å². The van der Waals surface area contributed by atoms with Crippen LogP contribution >= 0.6 is 0 Å². The first-order chi connectivity index (χ1) is 9.19. The van der Waals surface area contributed by atoms with E-state index < -0.39 is 0 Å². The average molecular weight is 259 g/mol. The minimum Gasteiger partial charge on any atom is -0.484 e. The molecule has 0 atom stereocenters. The van der Waals surface area contributed by atoms with Gasteiger partial charge in [0.05, 0.1) is 6.20 Å². The maximum Gasteiger partial charge on any atom is 0.257 e. The van der Waals surface area contributed by atoms with Crippen LogP contribution in [0.3, 0.4) is 0 Å². The molecule has 0 fully saturated rings. The second kappa shape index (κ2) is 6.04. The summed E-state index contributed by atoms with van der Waals surface area (Å²) < 4.78 is 7.14. The molecule has 0 unspecified atom stereocenters. The number of likely N-dealkylation sites (N-methyl/N-ethyl adjacent to an activating group) is 1. The fourth-order valence-electron chi connectivity index (χ4n) is 1.71. The van der Waals surface area contributed by atoms with Crippen LogP contribution in [0.1, 0.15) is 6.92 Å². The van der Waals surface area contributed by atoms with Gasteiger partial charge in [-0.2, -0.15) is 5.10 Å². The number of rotatable bonds is 5. The van der Waals surface area contributed by atoms with Crippen LogP contribution in [0.15, 0.2) is 36.7 Å². The fraction of sp³-hybridized carbons (Fsp3) is 0.286. The molecule has 5 nitrogen and oxygen atoms in total. The predicted octanol–water partition coefficient (Wildman–Crippen LogP) is 1.60. The topological polar surface area (TPSA) is 56.1 Å². The van der Waals surface area contributed by atoms with Crippen molar-refractivity contribution in [3.8, 4) is 16.9 Å². The number of ether oxygens (including phenoxy) is 1. The Morgan fingerprint density at radius 1 is 1.32 bits per heavy atom. The van der Waals surface area contributed by atoms with E-state index in [1.54, 1.807) is 4.68 Å². The Morgan fingerprint density at radius 3 is 2.63 bits per heavy atom. The van der Waals surface area contributed by atoms with Crippen molar-refractivity contribution in [1.82, 2.24) is 15.1 Å². The second-order valence-electron chi connectivity index (χ2n) is 4.17. The molecule has 5 heteroatoms. The van der Waals surface area contributed by atoms with E-state index in [4.69, 9.17) is 4.74 Å². The molecule has 0 radical (unpaired) electrons. The SMILES string of the molecule is CCNC(=O)COc1ccc(-c2cnn(C)c2)cc1. The average Bonchev–Trinajstić information content (AvgIpc) is 2.84. The number of carbonyl (C=O) groups excluding carboxylic acids is 1. The van der Waals surface area contributed by atoms with Gasteiger partial charge in [-0.15, -0.1) is 0 Å². The van der Waals surface area contributed by atoms with Crippen molar-refractivity contribution in [3.63, 3.8) is 0 Å². The van der Waals surface area contributed by atoms with Crippen LogP contribution in [-0.2, 0) is 11.8 Å². The summed E-state index contributed by atoms with van der Waals surface area (Å²) in [6.07, 6.45) is 3.76. The normalized spacial score (nSPS) is 10.2. The molecule has 0 bridgehead atoms. The third kappa shape index (κ3) is 3.58. The van der Waals surface area contributed by atoms with Gasteiger partial charge in [-0.3, -0.25) is 9.48 Å². The molecule has 0 aliphatic rings. The summed E-state index contributed by atoms with van der Waals surface area (Å²) in [5.41, 5.74) is 2.12. The summed E-state index contributed by atoms with van der Waals surface area (Å²) in [5, 5.41) is 6.81. The van der Waals surface area contributed by atoms with Gasteiger partial charge in [0.25, 0.3) is 5.91 Å². The van der Waals surface area contributed by atoms with Crippen LogP contribution in [0.25, 0.3) is 11.1 Å². The monoisotopic (exact) mass is 259 g/mol. The molecule has 1 aromatic heterocycles. The number of hydrogen-bond donors (Lipinski definition) is 1. The minimum atomic E-state index is -0.112. The predicted molar refractivity (Wildman–Crippen MR) is 72.8 cm³/mol. The zero-order chi connectivity index (χ0) is 13.7. The molecule has 1 amide bonds. The van der Waals surface area contributed by atoms with Crippen LogP contribution in [0.4, 0.5) is 0 Å². The largest absolute Gasteiger partial charge is 0.484 e. The molecule has 0 spiro atoms. The molecule has 1 aromatic carbocycles. The summed E-state index contributed by atoms with van der Waals surface area (Å²) in [7, 11) is 1.88. The number of carbonyl (C=O) groups is 1. The van der Waals surface area contributed by atoms with Crippen molar-refractivity contribution >= 4 is 5.91 Å². The number of benzene rings is 1. The molecule has 0 aliphatic carbocycles. The molecule has 0 saturated carbocycles. The van der Waals surface area contributed by atoms with Crippen molar-refractivity contribution in [3.05, 3.63) is 36.7 Å². The van der Waals surface area contributed by atoms with Crippen molar-refractivity contribution in [2.45, 2.75) is 6.92 Å². The first-order valence-corrected chi connectivity index (χ1v) is 6.17. The van der Waals surface area contributed by atoms with Gasteiger partial charge in [0, 0.05) is 25.4 Å². The first-order valence-electron chi connectivity index (χ1n) is 6.17. The lowest BCUT2D eigenvalue weighted by Crippen LogP contribution is -2.28. The Morgan fingerprint density at radius 2 is 2.05 bits per heavy atom. The molecular weight excluding hydrogens is 242 g/mol. The van der Waals surface area contributed by atoms with Crippen LogP contribution in [-0.4, -0.2) is 28.8 Å². The number of amides is 1. The third-order valence-electron chi connectivity index (χ3n) is 2.64. The molecule has 2 aromatic rings. The maximum absolute atomic E-state index is 11.3. The van der Waals surface area contributed by atoms with Crippen LogP contribution < -0.4 is 10.1 Å². The molecule has 0 saturated heterocycles. The van der Waals surface area contributed by atoms with Crippen LogP contribution in [0, 0.1) is 0 Å². The Labute approximate surface area is 112 Å². The van der Waals surface area contributed by atoms with E-state index in [0.717, 1.165) is 11.1 Å². The van der Waals surface area contributed by atoms with Crippen LogP contribution in [0.2, 0.25) is 0 Å². The number of nitrogens with one attached hydrogen (secondary N) is 1. The zero-order valence-electron chi connectivity index (χ0n) is 11.1. The van der Waals surface area contributed by atoms with Gasteiger partial charge in [-0.25, -0.2) is 0 Å². The van der Waals surface area contributed by atoms with E-state index in [9.17, 15) is 4.79 Å². The van der Waals surface area contributed by atoms with Gasteiger partial charge in [0.15, 0.2) is 6.61 Å². The van der Waals surface area contributed by atoms with Crippen molar-refractivity contribution in [2.75, 3.05) is 13.2 Å². The van der Waals surface area contributed by atoms with E-state index in [1.165, 1.54) is 0 Å². The van der Waals surface area contributed by atoms with Crippen molar-refractivity contribution < 1.29 is 9.53 Å². The minimum absolute atomic E-state index is 0.0417. The number of aryl methyl sites for hydroxylation is 1. The van der Waals surface area contributed by atoms with Gasteiger partial charge in [0.2, 0.25) is 0 Å². The summed E-state index contributed by atoms with van der Waals surface area (Å²) in [6.45, 7) is 2.53. The number of hydrogen-bond acceptors (Lipinski definition) is 3. The van der Waals surface area contributed by atoms with Gasteiger partial charge in [0.1, 0.15) is 5.75 Å². The highest BCUT2D eigenvalue weighted by Gasteiger charge is 2.03. The maximum atomic E-state index is 11.3. The fourth-order valence-corrected chi connectivity index (χ4v) is 1.71. The Kier molecular flexibility index (Phi) is 4.18. The van der Waals surface area contributed by atoms with E-state index in [1.807, 2.05) is 50.6 Å². The van der Waals surface area contributed by atoms with E-state index in [0.29, 0.717) is 12.3 Å². The smallest absolute Gasteiger partial charge is 0.257 e. The van der Waals surface area contributed by atoms with Gasteiger partial charge >= 0.3 is 0 Å². The van der Waals surface area contributed by atoms with Gasteiger partial charge < -0.3 is 10.1 Å².